The molecule has 0 aromatic heterocycles. The number of carbonyl (C=O) groups excluding carboxylic acids is 2. The van der Waals surface area contributed by atoms with Gasteiger partial charge in [-0.15, -0.1) is 0 Å². The van der Waals surface area contributed by atoms with E-state index in [0.717, 1.165) is 77.5 Å². The predicted molar refractivity (Wildman–Crippen MR) is 120 cm³/mol. The molecule has 1 unspecified atom stereocenters. The topological polar surface area (TPSA) is 85.9 Å². The Morgan fingerprint density at radius 2 is 1.41 bits per heavy atom. The summed E-state index contributed by atoms with van der Waals surface area (Å²) in [6.07, 6.45) is 9.27. The van der Waals surface area contributed by atoms with E-state index in [1.807, 2.05) is 0 Å². The summed E-state index contributed by atoms with van der Waals surface area (Å²) in [6.45, 7) is 10.1. The Morgan fingerprint density at radius 1 is 0.828 bits per heavy atom. The molecule has 2 amide bonds. The van der Waals surface area contributed by atoms with Gasteiger partial charge in [0.15, 0.2) is 0 Å². The smallest absolute Gasteiger partial charge is 0.246 e. The molecular formula is C22H48N2O5. The lowest BCUT2D eigenvalue weighted by atomic mass is 10.2. The van der Waals surface area contributed by atoms with Crippen molar-refractivity contribution in [2.45, 2.75) is 84.7 Å². The number of rotatable bonds is 21. The van der Waals surface area contributed by atoms with Gasteiger partial charge in [0.2, 0.25) is 11.8 Å². The average Bonchev–Trinajstić information content (AvgIpc) is 2.70. The first-order valence-electron chi connectivity index (χ1n) is 11.4. The number of amides is 2. The molecule has 0 spiro atoms. The van der Waals surface area contributed by atoms with E-state index < -0.39 is 0 Å². The van der Waals surface area contributed by atoms with Gasteiger partial charge in [0.25, 0.3) is 0 Å². The zero-order valence-corrected chi connectivity index (χ0v) is 18.9. The maximum absolute atomic E-state index is 11.7. The maximum atomic E-state index is 11.7. The van der Waals surface area contributed by atoms with E-state index in [4.69, 9.17) is 14.2 Å². The van der Waals surface area contributed by atoms with Crippen molar-refractivity contribution in [3.05, 3.63) is 0 Å². The van der Waals surface area contributed by atoms with E-state index in [0.29, 0.717) is 19.8 Å². The maximum Gasteiger partial charge on any atom is 0.246 e. The van der Waals surface area contributed by atoms with Crippen LogP contribution in [0.3, 0.4) is 0 Å². The van der Waals surface area contributed by atoms with Crippen molar-refractivity contribution in [2.75, 3.05) is 46.1 Å². The van der Waals surface area contributed by atoms with Crippen molar-refractivity contribution in [3.8, 4) is 0 Å². The van der Waals surface area contributed by atoms with Crippen LogP contribution in [0.2, 0.25) is 0 Å². The van der Waals surface area contributed by atoms with Gasteiger partial charge >= 0.3 is 0 Å². The van der Waals surface area contributed by atoms with Crippen LogP contribution in [0.5, 0.6) is 0 Å². The summed E-state index contributed by atoms with van der Waals surface area (Å²) in [6, 6.07) is 0. The lowest BCUT2D eigenvalue weighted by Crippen LogP contribution is -2.30. The van der Waals surface area contributed by atoms with Gasteiger partial charge in [0, 0.05) is 36.1 Å². The molecule has 2 N–H and O–H groups in total. The van der Waals surface area contributed by atoms with Crippen molar-refractivity contribution >= 4 is 11.8 Å². The van der Waals surface area contributed by atoms with Gasteiger partial charge in [0.1, 0.15) is 6.61 Å². The highest BCUT2D eigenvalue weighted by Crippen LogP contribution is 2.05. The number of hydrogen-bond donors (Lipinski definition) is 2. The Kier molecular flexibility index (Phi) is 20.7. The lowest BCUT2D eigenvalue weighted by molar-refractivity contribution is -0.128. The van der Waals surface area contributed by atoms with Crippen LogP contribution in [0, 0.1) is 0 Å². The van der Waals surface area contributed by atoms with Crippen LogP contribution in [0.25, 0.3) is 0 Å². The van der Waals surface area contributed by atoms with Crippen LogP contribution >= 0.6 is 0 Å². The zero-order valence-electron chi connectivity index (χ0n) is 18.9. The van der Waals surface area contributed by atoms with Crippen LogP contribution in [0.1, 0.15) is 81.4 Å². The van der Waals surface area contributed by atoms with E-state index in [-0.39, 0.29) is 27.4 Å². The zero-order chi connectivity index (χ0) is 21.6. The molecule has 0 aliphatic heterocycles. The second-order valence-corrected chi connectivity index (χ2v) is 7.31. The molecule has 1 atom stereocenters. The Morgan fingerprint density at radius 3 is 1.93 bits per heavy atom. The quantitative estimate of drug-likeness (QED) is 0.277. The molecule has 0 aromatic carbocycles. The Labute approximate surface area is 180 Å². The standard InChI is InChI=1S/C22H44N2O5.2H2/c1-4-12-21(5-2)29-19-22(26)24-14-9-7-11-16-28-18-17-27-15-10-6-8-13-23-20(3)25;;/h21H,4-19H2,1-3H3,(H,23,25)(H,24,26);2*1H. The van der Waals surface area contributed by atoms with Crippen molar-refractivity contribution in [1.82, 2.24) is 10.6 Å². The van der Waals surface area contributed by atoms with Crippen LogP contribution in [0.15, 0.2) is 0 Å². The molecule has 0 aromatic rings. The van der Waals surface area contributed by atoms with Gasteiger partial charge in [-0.1, -0.05) is 20.3 Å². The molecule has 0 rings (SSSR count). The highest BCUT2D eigenvalue weighted by molar-refractivity contribution is 5.77. The molecule has 0 aliphatic carbocycles. The van der Waals surface area contributed by atoms with Crippen molar-refractivity contribution in [1.29, 1.82) is 0 Å². The third-order valence-electron chi connectivity index (χ3n) is 4.52. The molecule has 0 radical (unpaired) electrons. The first-order chi connectivity index (χ1) is 14.1. The predicted octanol–water partition coefficient (Wildman–Crippen LogP) is 3.70. The molecular weight excluding hydrogens is 372 g/mol. The summed E-state index contributed by atoms with van der Waals surface area (Å²) in [5.41, 5.74) is 0. The van der Waals surface area contributed by atoms with Crippen molar-refractivity contribution in [2.24, 2.45) is 0 Å². The first-order valence-corrected chi connectivity index (χ1v) is 11.4. The number of hydrogen-bond acceptors (Lipinski definition) is 5. The number of nitrogens with one attached hydrogen (secondary N) is 2. The minimum absolute atomic E-state index is 0. The summed E-state index contributed by atoms with van der Waals surface area (Å²) < 4.78 is 16.7. The van der Waals surface area contributed by atoms with E-state index in [9.17, 15) is 9.59 Å². The van der Waals surface area contributed by atoms with E-state index in [1.165, 1.54) is 6.92 Å². The second-order valence-electron chi connectivity index (χ2n) is 7.31. The van der Waals surface area contributed by atoms with Crippen molar-refractivity contribution in [3.63, 3.8) is 0 Å². The summed E-state index contributed by atoms with van der Waals surface area (Å²) in [7, 11) is 0. The fourth-order valence-electron chi connectivity index (χ4n) is 2.80. The Bertz CT molecular complexity index is 404. The third-order valence-corrected chi connectivity index (χ3v) is 4.52. The van der Waals surface area contributed by atoms with Gasteiger partial charge in [-0.05, 0) is 51.4 Å². The van der Waals surface area contributed by atoms with E-state index in [1.54, 1.807) is 0 Å². The highest BCUT2D eigenvalue weighted by Gasteiger charge is 2.08. The van der Waals surface area contributed by atoms with Gasteiger partial charge < -0.3 is 24.8 Å². The second kappa shape index (κ2) is 21.5. The largest absolute Gasteiger partial charge is 0.379 e. The van der Waals surface area contributed by atoms with Gasteiger partial charge in [-0.3, -0.25) is 9.59 Å². The SMILES string of the molecule is CCCC(CC)OCC(=O)NCCCCCOCCOCCCCCNC(C)=O.[HH].[HH]. The number of unbranched alkanes of at least 4 members (excludes halogenated alkanes) is 4. The lowest BCUT2D eigenvalue weighted by Gasteiger charge is -2.14. The van der Waals surface area contributed by atoms with Crippen molar-refractivity contribution < 1.29 is 26.7 Å². The van der Waals surface area contributed by atoms with Gasteiger partial charge in [-0.25, -0.2) is 0 Å². The molecule has 176 valence electrons. The molecule has 0 fully saturated rings. The fraction of sp³-hybridized carbons (Fsp3) is 0.909. The molecule has 7 heteroatoms. The summed E-state index contributed by atoms with van der Waals surface area (Å²) in [5, 5.41) is 5.69. The molecule has 7 nitrogen and oxygen atoms in total. The van der Waals surface area contributed by atoms with E-state index in [2.05, 4.69) is 24.5 Å². The van der Waals surface area contributed by atoms with Crippen LogP contribution in [-0.4, -0.2) is 64.0 Å². The molecule has 0 heterocycles. The van der Waals surface area contributed by atoms with Gasteiger partial charge in [-0.2, -0.15) is 0 Å². The average molecular weight is 421 g/mol. The third kappa shape index (κ3) is 21.3. The Balaban J connectivity index is -0.00000392. The van der Waals surface area contributed by atoms with Gasteiger partial charge in [0.05, 0.1) is 19.3 Å². The fourth-order valence-corrected chi connectivity index (χ4v) is 2.80. The Hall–Kier alpha value is -1.18. The molecule has 29 heavy (non-hydrogen) atoms. The molecule has 0 saturated heterocycles. The van der Waals surface area contributed by atoms with Crippen LogP contribution in [0.4, 0.5) is 0 Å². The minimum atomic E-state index is -0.0249. The summed E-state index contributed by atoms with van der Waals surface area (Å²) in [4.78, 5) is 22.4. The normalized spacial score (nSPS) is 12.0. The summed E-state index contributed by atoms with van der Waals surface area (Å²) >= 11 is 0. The summed E-state index contributed by atoms with van der Waals surface area (Å²) in [5.74, 6) is 0.00345. The monoisotopic (exact) mass is 420 g/mol. The molecule has 0 bridgehead atoms. The number of ether oxygens (including phenoxy) is 3. The van der Waals surface area contributed by atoms with Crippen LogP contribution in [-0.2, 0) is 23.8 Å². The number of carbonyl (C=O) groups is 2. The highest BCUT2D eigenvalue weighted by atomic mass is 16.5. The van der Waals surface area contributed by atoms with Crippen LogP contribution < -0.4 is 10.6 Å². The molecule has 0 saturated carbocycles. The minimum Gasteiger partial charge on any atom is -0.379 e. The van der Waals surface area contributed by atoms with E-state index >= 15 is 0 Å². The first kappa shape index (κ1) is 27.8. The molecule has 0 aliphatic rings.